The van der Waals surface area contributed by atoms with E-state index in [2.05, 4.69) is 10.6 Å². The smallest absolute Gasteiger partial charge is 0.336 e. The van der Waals surface area contributed by atoms with Crippen molar-refractivity contribution in [3.8, 4) is 0 Å². The van der Waals surface area contributed by atoms with Gasteiger partial charge in [-0.05, 0) is 19.4 Å². The van der Waals surface area contributed by atoms with E-state index in [1.807, 2.05) is 6.92 Å². The molecule has 1 atom stereocenters. The van der Waals surface area contributed by atoms with Gasteiger partial charge in [0, 0.05) is 23.3 Å². The highest BCUT2D eigenvalue weighted by molar-refractivity contribution is 7.10. The summed E-state index contributed by atoms with van der Waals surface area (Å²) in [6.07, 6.45) is 0.908. The van der Waals surface area contributed by atoms with Gasteiger partial charge in [0.25, 0.3) is 0 Å². The number of hydrogen-bond donors (Lipinski definition) is 3. The number of hydrogen-bond acceptors (Lipinski definition) is 4. The molecule has 1 amide bonds. The fraction of sp³-hybridized carbons (Fsp3) is 0.500. The van der Waals surface area contributed by atoms with E-state index < -0.39 is 5.97 Å². The monoisotopic (exact) mass is 270 g/mol. The van der Waals surface area contributed by atoms with Crippen LogP contribution in [0.3, 0.4) is 0 Å². The largest absolute Gasteiger partial charge is 0.478 e. The van der Waals surface area contributed by atoms with Crippen molar-refractivity contribution in [2.24, 2.45) is 0 Å². The molecule has 0 saturated heterocycles. The Kier molecular flexibility index (Phi) is 5.80. The van der Waals surface area contributed by atoms with E-state index in [0.29, 0.717) is 18.7 Å². The molecule has 0 spiro atoms. The number of thiophene rings is 1. The van der Waals surface area contributed by atoms with Gasteiger partial charge in [-0.3, -0.25) is 4.79 Å². The minimum Gasteiger partial charge on any atom is -0.478 e. The van der Waals surface area contributed by atoms with Gasteiger partial charge in [-0.25, -0.2) is 4.79 Å². The molecule has 100 valence electrons. The van der Waals surface area contributed by atoms with E-state index in [1.54, 1.807) is 18.4 Å². The third-order valence-electron chi connectivity index (χ3n) is 2.43. The third kappa shape index (κ3) is 4.46. The van der Waals surface area contributed by atoms with Gasteiger partial charge >= 0.3 is 5.97 Å². The topological polar surface area (TPSA) is 78.4 Å². The quantitative estimate of drug-likeness (QED) is 0.700. The van der Waals surface area contributed by atoms with E-state index in [0.717, 1.165) is 11.3 Å². The number of carboxylic acids is 1. The van der Waals surface area contributed by atoms with E-state index in [1.165, 1.54) is 11.3 Å². The number of nitrogens with one attached hydrogen (secondary N) is 2. The molecule has 0 fully saturated rings. The fourth-order valence-corrected chi connectivity index (χ4v) is 2.14. The molecule has 0 aliphatic carbocycles. The van der Waals surface area contributed by atoms with Gasteiger partial charge in [0.05, 0.1) is 11.6 Å². The van der Waals surface area contributed by atoms with Crippen molar-refractivity contribution in [2.75, 3.05) is 6.54 Å². The zero-order chi connectivity index (χ0) is 13.5. The standard InChI is InChI=1S/C12H18N2O3S/c1-3-4-13-11(15)8(2)14-6-10-5-9(7-18-10)12(16)17/h5,7-8,14H,3-4,6H2,1-2H3,(H,13,15)(H,16,17). The lowest BCUT2D eigenvalue weighted by Gasteiger charge is -2.12. The maximum atomic E-state index is 11.6. The van der Waals surface area contributed by atoms with Crippen molar-refractivity contribution in [1.82, 2.24) is 10.6 Å². The Balaban J connectivity index is 2.39. The van der Waals surface area contributed by atoms with Crippen molar-refractivity contribution in [3.05, 3.63) is 21.9 Å². The summed E-state index contributed by atoms with van der Waals surface area (Å²) < 4.78 is 0. The Hall–Kier alpha value is -1.40. The Morgan fingerprint density at radius 3 is 2.78 bits per heavy atom. The average molecular weight is 270 g/mol. The maximum absolute atomic E-state index is 11.6. The molecule has 1 unspecified atom stereocenters. The molecule has 1 heterocycles. The molecule has 18 heavy (non-hydrogen) atoms. The van der Waals surface area contributed by atoms with Crippen LogP contribution in [0.5, 0.6) is 0 Å². The molecule has 6 heteroatoms. The number of carboxylic acid groups (broad SMARTS) is 1. The number of amides is 1. The highest BCUT2D eigenvalue weighted by Crippen LogP contribution is 2.14. The van der Waals surface area contributed by atoms with Gasteiger partial charge in [-0.1, -0.05) is 6.92 Å². The van der Waals surface area contributed by atoms with Crippen LogP contribution >= 0.6 is 11.3 Å². The van der Waals surface area contributed by atoms with Gasteiger partial charge in [-0.2, -0.15) is 0 Å². The SMILES string of the molecule is CCCNC(=O)C(C)NCc1cc(C(=O)O)cs1. The van der Waals surface area contributed by atoms with Gasteiger partial charge in [0.1, 0.15) is 0 Å². The fourth-order valence-electron chi connectivity index (χ4n) is 1.33. The molecular weight excluding hydrogens is 252 g/mol. The first kappa shape index (κ1) is 14.7. The van der Waals surface area contributed by atoms with Crippen LogP contribution in [0.4, 0.5) is 0 Å². The summed E-state index contributed by atoms with van der Waals surface area (Å²) >= 11 is 1.37. The zero-order valence-corrected chi connectivity index (χ0v) is 11.3. The van der Waals surface area contributed by atoms with Crippen LogP contribution in [0.25, 0.3) is 0 Å². The minimum absolute atomic E-state index is 0.0353. The number of rotatable bonds is 7. The first-order valence-electron chi connectivity index (χ1n) is 5.86. The molecule has 0 aromatic carbocycles. The summed E-state index contributed by atoms with van der Waals surface area (Å²) in [6.45, 7) is 4.96. The van der Waals surface area contributed by atoms with Crippen molar-refractivity contribution < 1.29 is 14.7 Å². The van der Waals surface area contributed by atoms with Gasteiger partial charge in [-0.15, -0.1) is 11.3 Å². The second-order valence-electron chi connectivity index (χ2n) is 4.00. The van der Waals surface area contributed by atoms with Crippen LogP contribution in [-0.4, -0.2) is 29.6 Å². The molecule has 0 radical (unpaired) electrons. The summed E-state index contributed by atoms with van der Waals surface area (Å²) in [5.41, 5.74) is 0.292. The second kappa shape index (κ2) is 7.13. The molecule has 1 aromatic heterocycles. The maximum Gasteiger partial charge on any atom is 0.336 e. The summed E-state index contributed by atoms with van der Waals surface area (Å²) in [6, 6.07) is 1.34. The van der Waals surface area contributed by atoms with Crippen LogP contribution in [-0.2, 0) is 11.3 Å². The highest BCUT2D eigenvalue weighted by atomic mass is 32.1. The van der Waals surface area contributed by atoms with Gasteiger partial charge < -0.3 is 15.7 Å². The van der Waals surface area contributed by atoms with Crippen LogP contribution in [0.1, 0.15) is 35.5 Å². The van der Waals surface area contributed by atoms with E-state index >= 15 is 0 Å². The van der Waals surface area contributed by atoms with Gasteiger partial charge in [0.2, 0.25) is 5.91 Å². The molecule has 0 aliphatic heterocycles. The van der Waals surface area contributed by atoms with Crippen LogP contribution < -0.4 is 10.6 Å². The number of carbonyl (C=O) groups excluding carboxylic acids is 1. The van der Waals surface area contributed by atoms with Crippen LogP contribution in [0.2, 0.25) is 0 Å². The predicted molar refractivity (Wildman–Crippen MR) is 70.9 cm³/mol. The molecule has 0 saturated carbocycles. The normalized spacial score (nSPS) is 12.1. The predicted octanol–water partition coefficient (Wildman–Crippen LogP) is 1.45. The average Bonchev–Trinajstić information content (AvgIpc) is 2.81. The van der Waals surface area contributed by atoms with E-state index in [4.69, 9.17) is 5.11 Å². The van der Waals surface area contributed by atoms with Crippen molar-refractivity contribution in [3.63, 3.8) is 0 Å². The summed E-state index contributed by atoms with van der Waals surface area (Å²) in [4.78, 5) is 23.2. The Morgan fingerprint density at radius 2 is 2.22 bits per heavy atom. The lowest BCUT2D eigenvalue weighted by atomic mass is 10.3. The first-order valence-corrected chi connectivity index (χ1v) is 6.74. The van der Waals surface area contributed by atoms with E-state index in [-0.39, 0.29) is 11.9 Å². The van der Waals surface area contributed by atoms with Gasteiger partial charge in [0.15, 0.2) is 0 Å². The van der Waals surface area contributed by atoms with Crippen LogP contribution in [0.15, 0.2) is 11.4 Å². The lowest BCUT2D eigenvalue weighted by molar-refractivity contribution is -0.122. The molecule has 5 nitrogen and oxygen atoms in total. The van der Waals surface area contributed by atoms with Crippen molar-refractivity contribution in [2.45, 2.75) is 32.9 Å². The Bertz CT molecular complexity index is 417. The highest BCUT2D eigenvalue weighted by Gasteiger charge is 2.12. The Morgan fingerprint density at radius 1 is 1.50 bits per heavy atom. The summed E-state index contributed by atoms with van der Waals surface area (Å²) in [5.74, 6) is -0.960. The number of carbonyl (C=O) groups is 2. The summed E-state index contributed by atoms with van der Waals surface area (Å²) in [7, 11) is 0. The lowest BCUT2D eigenvalue weighted by Crippen LogP contribution is -2.41. The number of aromatic carboxylic acids is 1. The molecular formula is C12H18N2O3S. The molecule has 0 aliphatic rings. The van der Waals surface area contributed by atoms with Crippen molar-refractivity contribution >= 4 is 23.2 Å². The molecule has 3 N–H and O–H groups in total. The zero-order valence-electron chi connectivity index (χ0n) is 10.5. The van der Waals surface area contributed by atoms with Crippen LogP contribution in [0, 0.1) is 0 Å². The third-order valence-corrected chi connectivity index (χ3v) is 3.36. The second-order valence-corrected chi connectivity index (χ2v) is 5.00. The Labute approximate surface area is 110 Å². The van der Waals surface area contributed by atoms with Crippen molar-refractivity contribution in [1.29, 1.82) is 0 Å². The summed E-state index contributed by atoms with van der Waals surface area (Å²) in [5, 5.41) is 16.2. The van der Waals surface area contributed by atoms with E-state index in [9.17, 15) is 9.59 Å². The molecule has 0 bridgehead atoms. The molecule has 1 aromatic rings. The first-order chi connectivity index (χ1) is 8.54. The molecule has 1 rings (SSSR count). The minimum atomic E-state index is -0.925.